The van der Waals surface area contributed by atoms with Gasteiger partial charge in [-0.3, -0.25) is 9.59 Å². The third kappa shape index (κ3) is 3.96. The summed E-state index contributed by atoms with van der Waals surface area (Å²) >= 11 is 7.20. The van der Waals surface area contributed by atoms with Crippen LogP contribution in [0.1, 0.15) is 56.4 Å². The van der Waals surface area contributed by atoms with Gasteiger partial charge in [-0.1, -0.05) is 23.4 Å². The molecule has 1 atom stereocenters. The van der Waals surface area contributed by atoms with E-state index < -0.39 is 17.9 Å². The van der Waals surface area contributed by atoms with Crippen LogP contribution in [0.3, 0.4) is 0 Å². The van der Waals surface area contributed by atoms with Crippen LogP contribution in [-0.2, 0) is 4.74 Å². The summed E-state index contributed by atoms with van der Waals surface area (Å²) in [4.78, 5) is 47.5. The lowest BCUT2D eigenvalue weighted by molar-refractivity contribution is 0.0310. The van der Waals surface area contributed by atoms with Crippen LogP contribution < -0.4 is 0 Å². The highest BCUT2D eigenvalue weighted by Crippen LogP contribution is 2.22. The topological polar surface area (TPSA) is 102 Å². The third-order valence-corrected chi connectivity index (χ3v) is 4.63. The number of esters is 1. The van der Waals surface area contributed by atoms with E-state index in [0.29, 0.717) is 22.0 Å². The molecule has 0 aliphatic carbocycles. The van der Waals surface area contributed by atoms with Crippen LogP contribution in [0.4, 0.5) is 0 Å². The van der Waals surface area contributed by atoms with Crippen LogP contribution in [-0.4, -0.2) is 44.8 Å². The maximum atomic E-state index is 12.6. The second-order valence-electron chi connectivity index (χ2n) is 5.65. The number of thioether (sulfide) groups is 1. The molecule has 0 aliphatic rings. The molecule has 1 unspecified atom stereocenters. The Kier molecular flexibility index (Phi) is 6.20. The molecule has 2 heterocycles. The Morgan fingerprint density at radius 2 is 1.96 bits per heavy atom. The number of H-pyrrole nitrogens is 1. The Hall–Kier alpha value is -2.19. The van der Waals surface area contributed by atoms with Gasteiger partial charge in [-0.15, -0.1) is 0 Å². The molecule has 0 aromatic carbocycles. The van der Waals surface area contributed by atoms with Crippen molar-refractivity contribution in [2.75, 3.05) is 6.26 Å². The summed E-state index contributed by atoms with van der Waals surface area (Å²) in [6, 6.07) is 0. The summed E-state index contributed by atoms with van der Waals surface area (Å²) in [6.45, 7) is 6.27. The van der Waals surface area contributed by atoms with Crippen molar-refractivity contribution in [1.82, 2.24) is 15.0 Å². The molecule has 2 aromatic rings. The van der Waals surface area contributed by atoms with E-state index in [-0.39, 0.29) is 22.2 Å². The summed E-state index contributed by atoms with van der Waals surface area (Å²) in [5.74, 6) is -1.40. The second-order valence-corrected chi connectivity index (χ2v) is 6.83. The molecule has 9 heteroatoms. The number of aryl methyl sites for hydroxylation is 1. The Morgan fingerprint density at radius 3 is 2.50 bits per heavy atom. The van der Waals surface area contributed by atoms with Crippen molar-refractivity contribution in [1.29, 1.82) is 0 Å². The molecule has 26 heavy (non-hydrogen) atoms. The average Bonchev–Trinajstić information content (AvgIpc) is 2.88. The molecular weight excluding hydrogens is 378 g/mol. The highest BCUT2D eigenvalue weighted by molar-refractivity contribution is 7.98. The number of ether oxygens (including phenoxy) is 1. The van der Waals surface area contributed by atoms with Gasteiger partial charge in [0.05, 0.1) is 16.9 Å². The van der Waals surface area contributed by atoms with Gasteiger partial charge in [0.25, 0.3) is 0 Å². The molecule has 0 radical (unpaired) electrons. The Bertz CT molecular complexity index is 894. The first-order valence-corrected chi connectivity index (χ1v) is 9.29. The van der Waals surface area contributed by atoms with Crippen molar-refractivity contribution in [3.8, 4) is 0 Å². The monoisotopic (exact) mass is 395 g/mol. The average molecular weight is 396 g/mol. The minimum absolute atomic E-state index is 0.0400. The molecular formula is C17H18ClN3O4S. The van der Waals surface area contributed by atoms with E-state index in [0.717, 1.165) is 0 Å². The van der Waals surface area contributed by atoms with E-state index >= 15 is 0 Å². The lowest BCUT2D eigenvalue weighted by Gasteiger charge is -2.12. The van der Waals surface area contributed by atoms with E-state index in [1.165, 1.54) is 31.8 Å². The van der Waals surface area contributed by atoms with Gasteiger partial charge >= 0.3 is 5.97 Å². The van der Waals surface area contributed by atoms with E-state index in [2.05, 4.69) is 15.0 Å². The summed E-state index contributed by atoms with van der Waals surface area (Å²) in [6.07, 6.45) is 1.98. The number of nitrogens with one attached hydrogen (secondary N) is 1. The third-order valence-electron chi connectivity index (χ3n) is 3.79. The van der Waals surface area contributed by atoms with Crippen molar-refractivity contribution in [2.24, 2.45) is 0 Å². The number of hydrogen-bond donors (Lipinski definition) is 1. The first kappa shape index (κ1) is 20.1. The van der Waals surface area contributed by atoms with Crippen molar-refractivity contribution in [3.63, 3.8) is 0 Å². The first-order chi connectivity index (χ1) is 12.2. The molecule has 138 valence electrons. The fraction of sp³-hybridized carbons (Fsp3) is 0.353. The number of carbonyl (C=O) groups excluding carboxylic acids is 3. The number of carbonyl (C=O) groups is 3. The zero-order valence-electron chi connectivity index (χ0n) is 15.0. The van der Waals surface area contributed by atoms with E-state index in [4.69, 9.17) is 16.3 Å². The van der Waals surface area contributed by atoms with Gasteiger partial charge in [-0.05, 0) is 39.5 Å². The van der Waals surface area contributed by atoms with Gasteiger partial charge in [0.2, 0.25) is 5.78 Å². The Balaban J connectivity index is 2.24. The van der Waals surface area contributed by atoms with Gasteiger partial charge in [0.1, 0.15) is 0 Å². The van der Waals surface area contributed by atoms with Crippen LogP contribution >= 0.6 is 23.4 Å². The van der Waals surface area contributed by atoms with Gasteiger partial charge in [-0.25, -0.2) is 14.8 Å². The van der Waals surface area contributed by atoms with E-state index in [1.54, 1.807) is 20.1 Å². The summed E-state index contributed by atoms with van der Waals surface area (Å²) < 4.78 is 5.22. The minimum atomic E-state index is -1.08. The lowest BCUT2D eigenvalue weighted by atomic mass is 10.0. The SMILES string of the molecule is CSc1ncc(Cl)c(C(=O)OC(C)C(=O)c2[nH]c(C)c(C(C)=O)c2C)n1. The number of halogens is 1. The summed E-state index contributed by atoms with van der Waals surface area (Å²) in [5, 5.41) is 0.403. The van der Waals surface area contributed by atoms with Crippen molar-refractivity contribution >= 4 is 40.9 Å². The van der Waals surface area contributed by atoms with Crippen molar-refractivity contribution in [3.05, 3.63) is 39.4 Å². The van der Waals surface area contributed by atoms with Crippen LogP contribution in [0.5, 0.6) is 0 Å². The first-order valence-electron chi connectivity index (χ1n) is 7.69. The number of aromatic amines is 1. The number of rotatable bonds is 6. The predicted octanol–water partition coefficient (Wildman–Crippen LogP) is 3.43. The molecule has 1 N–H and O–H groups in total. The standard InChI is InChI=1S/C17H18ClN3O4S/c1-7-12(9(3)22)8(2)20-13(7)15(23)10(4)25-16(24)14-11(18)6-19-17(21-14)26-5/h6,10,20H,1-5H3. The van der Waals surface area contributed by atoms with Crippen LogP contribution in [0, 0.1) is 13.8 Å². The van der Waals surface area contributed by atoms with Crippen molar-refractivity contribution in [2.45, 2.75) is 39.0 Å². The molecule has 0 amide bonds. The normalized spacial score (nSPS) is 11.9. The van der Waals surface area contributed by atoms with Crippen molar-refractivity contribution < 1.29 is 19.1 Å². The highest BCUT2D eigenvalue weighted by atomic mass is 35.5. The minimum Gasteiger partial charge on any atom is -0.449 e. The van der Waals surface area contributed by atoms with Gasteiger partial charge in [0.15, 0.2) is 22.7 Å². The molecule has 0 spiro atoms. The van der Waals surface area contributed by atoms with E-state index in [1.807, 2.05) is 0 Å². The zero-order valence-corrected chi connectivity index (χ0v) is 16.5. The number of hydrogen-bond acceptors (Lipinski definition) is 7. The Morgan fingerprint density at radius 1 is 1.31 bits per heavy atom. The predicted molar refractivity (Wildman–Crippen MR) is 98.3 cm³/mol. The number of aromatic nitrogens is 3. The molecule has 0 saturated heterocycles. The molecule has 0 fully saturated rings. The quantitative estimate of drug-likeness (QED) is 0.346. The summed E-state index contributed by atoms with van der Waals surface area (Å²) in [5.41, 5.74) is 1.74. The van der Waals surface area contributed by atoms with Crippen LogP contribution in [0.25, 0.3) is 0 Å². The maximum Gasteiger partial charge on any atom is 0.359 e. The van der Waals surface area contributed by atoms with Gasteiger partial charge < -0.3 is 9.72 Å². The molecule has 0 saturated carbocycles. The van der Waals surface area contributed by atoms with Crippen LogP contribution in [0.15, 0.2) is 11.4 Å². The van der Waals surface area contributed by atoms with E-state index in [9.17, 15) is 14.4 Å². The Labute approximate surface area is 159 Å². The molecule has 2 rings (SSSR count). The molecule has 0 aliphatic heterocycles. The van der Waals surface area contributed by atoms with Gasteiger partial charge in [0, 0.05) is 11.3 Å². The molecule has 0 bridgehead atoms. The zero-order chi connectivity index (χ0) is 19.6. The second kappa shape index (κ2) is 8.01. The smallest absolute Gasteiger partial charge is 0.359 e. The largest absolute Gasteiger partial charge is 0.449 e. The lowest BCUT2D eigenvalue weighted by Crippen LogP contribution is -2.26. The number of ketones is 2. The fourth-order valence-electron chi connectivity index (χ4n) is 2.59. The number of nitrogens with zero attached hydrogens (tertiary/aromatic N) is 2. The fourth-order valence-corrected chi connectivity index (χ4v) is 3.10. The molecule has 2 aromatic heterocycles. The molecule has 7 nitrogen and oxygen atoms in total. The van der Waals surface area contributed by atoms with Gasteiger partial charge in [-0.2, -0.15) is 0 Å². The summed E-state index contributed by atoms with van der Waals surface area (Å²) in [7, 11) is 0. The highest BCUT2D eigenvalue weighted by Gasteiger charge is 2.27. The van der Waals surface area contributed by atoms with Crippen LogP contribution in [0.2, 0.25) is 5.02 Å². The number of Topliss-reactive ketones (excluding diaryl/α,β-unsaturated/α-hetero) is 2. The maximum absolute atomic E-state index is 12.6.